The summed E-state index contributed by atoms with van der Waals surface area (Å²) in [6.45, 7) is 1.96. The maximum atomic E-state index is 10.6. The topological polar surface area (TPSA) is 55.1 Å². The number of hydrogen-bond donors (Lipinski definition) is 1. The number of aliphatic carboxylic acids is 1. The van der Waals surface area contributed by atoms with Crippen molar-refractivity contribution < 1.29 is 9.90 Å². The van der Waals surface area contributed by atoms with E-state index in [9.17, 15) is 4.79 Å². The minimum atomic E-state index is -0.820. The third-order valence-electron chi connectivity index (χ3n) is 2.72. The van der Waals surface area contributed by atoms with Gasteiger partial charge in [-0.25, -0.2) is 4.98 Å². The largest absolute Gasteiger partial charge is 0.481 e. The van der Waals surface area contributed by atoms with Gasteiger partial charge in [-0.1, -0.05) is 11.6 Å². The minimum absolute atomic E-state index is 0.0771. The van der Waals surface area contributed by atoms with E-state index in [1.54, 1.807) is 0 Å². The SMILES string of the molecule is Cc1cc(Cl)c2c(c1)nc(CCC(=O)O)n2C. The van der Waals surface area contributed by atoms with E-state index in [4.69, 9.17) is 16.7 Å². The standard InChI is InChI=1S/C12H13ClN2O2/c1-7-5-8(13)12-9(6-7)14-10(15(12)2)3-4-11(16)17/h5-6H,3-4H2,1-2H3,(H,16,17). The number of aryl methyl sites for hydroxylation is 3. The Morgan fingerprint density at radius 1 is 1.53 bits per heavy atom. The fraction of sp³-hybridized carbons (Fsp3) is 0.333. The number of imidazole rings is 1. The molecule has 0 bridgehead atoms. The number of carboxylic acid groups (broad SMARTS) is 1. The van der Waals surface area contributed by atoms with Crippen LogP contribution >= 0.6 is 11.6 Å². The number of rotatable bonds is 3. The van der Waals surface area contributed by atoms with Crippen LogP contribution < -0.4 is 0 Å². The molecule has 1 aromatic heterocycles. The summed E-state index contributed by atoms with van der Waals surface area (Å²) in [5, 5.41) is 9.33. The molecule has 0 amide bonds. The van der Waals surface area contributed by atoms with Gasteiger partial charge in [-0.05, 0) is 24.6 Å². The molecular formula is C12H13ClN2O2. The Kier molecular flexibility index (Phi) is 3.07. The van der Waals surface area contributed by atoms with Crippen LogP contribution in [0.1, 0.15) is 17.8 Å². The summed E-state index contributed by atoms with van der Waals surface area (Å²) in [5.74, 6) is -0.0748. The zero-order valence-corrected chi connectivity index (χ0v) is 10.5. The maximum Gasteiger partial charge on any atom is 0.303 e. The molecule has 0 fully saturated rings. The summed E-state index contributed by atoms with van der Waals surface area (Å²) >= 11 is 6.17. The van der Waals surface area contributed by atoms with E-state index in [2.05, 4.69) is 4.98 Å². The molecule has 0 saturated heterocycles. The van der Waals surface area contributed by atoms with Crippen LogP contribution in [0.2, 0.25) is 5.02 Å². The first kappa shape index (κ1) is 11.9. The third kappa shape index (κ3) is 2.26. The third-order valence-corrected chi connectivity index (χ3v) is 3.01. The quantitative estimate of drug-likeness (QED) is 0.913. The molecule has 0 aliphatic rings. The second-order valence-electron chi connectivity index (χ2n) is 4.10. The molecule has 17 heavy (non-hydrogen) atoms. The second kappa shape index (κ2) is 4.37. The van der Waals surface area contributed by atoms with Crippen molar-refractivity contribution in [1.29, 1.82) is 0 Å². The van der Waals surface area contributed by atoms with Gasteiger partial charge in [0.25, 0.3) is 0 Å². The van der Waals surface area contributed by atoms with Crippen molar-refractivity contribution in [2.24, 2.45) is 7.05 Å². The number of fused-ring (bicyclic) bond motifs is 1. The van der Waals surface area contributed by atoms with Crippen LogP contribution in [0.5, 0.6) is 0 Å². The summed E-state index contributed by atoms with van der Waals surface area (Å²) in [4.78, 5) is 15.0. The molecule has 0 spiro atoms. The monoisotopic (exact) mass is 252 g/mol. The molecule has 4 nitrogen and oxygen atoms in total. The average Bonchev–Trinajstić information content (AvgIpc) is 2.52. The summed E-state index contributed by atoms with van der Waals surface area (Å²) in [7, 11) is 1.85. The predicted molar refractivity (Wildman–Crippen MR) is 66.4 cm³/mol. The molecule has 0 atom stereocenters. The van der Waals surface area contributed by atoms with Gasteiger partial charge in [0.15, 0.2) is 0 Å². The van der Waals surface area contributed by atoms with E-state index in [0.29, 0.717) is 11.4 Å². The summed E-state index contributed by atoms with van der Waals surface area (Å²) in [5.41, 5.74) is 2.72. The van der Waals surface area contributed by atoms with E-state index >= 15 is 0 Å². The van der Waals surface area contributed by atoms with Crippen molar-refractivity contribution in [1.82, 2.24) is 9.55 Å². The first-order chi connectivity index (χ1) is 7.99. The van der Waals surface area contributed by atoms with E-state index in [1.807, 2.05) is 30.7 Å². The number of benzene rings is 1. The molecular weight excluding hydrogens is 240 g/mol. The van der Waals surface area contributed by atoms with Crippen LogP contribution in [0, 0.1) is 6.92 Å². The van der Waals surface area contributed by atoms with Crippen molar-refractivity contribution in [3.63, 3.8) is 0 Å². The van der Waals surface area contributed by atoms with Gasteiger partial charge < -0.3 is 9.67 Å². The molecule has 5 heteroatoms. The minimum Gasteiger partial charge on any atom is -0.481 e. The highest BCUT2D eigenvalue weighted by Crippen LogP contribution is 2.25. The van der Waals surface area contributed by atoms with E-state index in [1.165, 1.54) is 0 Å². The van der Waals surface area contributed by atoms with Gasteiger partial charge in [-0.2, -0.15) is 0 Å². The smallest absolute Gasteiger partial charge is 0.303 e. The molecule has 90 valence electrons. The number of hydrogen-bond acceptors (Lipinski definition) is 2. The highest BCUT2D eigenvalue weighted by molar-refractivity contribution is 6.35. The average molecular weight is 253 g/mol. The van der Waals surface area contributed by atoms with Gasteiger partial charge in [0.05, 0.1) is 22.5 Å². The molecule has 0 aliphatic carbocycles. The Labute approximate surface area is 104 Å². The lowest BCUT2D eigenvalue weighted by Gasteiger charge is -2.02. The van der Waals surface area contributed by atoms with Crippen molar-refractivity contribution in [2.75, 3.05) is 0 Å². The van der Waals surface area contributed by atoms with Crippen LogP contribution in [0.15, 0.2) is 12.1 Å². The Balaban J connectivity index is 2.49. The second-order valence-corrected chi connectivity index (χ2v) is 4.50. The van der Waals surface area contributed by atoms with Crippen molar-refractivity contribution in [2.45, 2.75) is 19.8 Å². The molecule has 0 aliphatic heterocycles. The Hall–Kier alpha value is -1.55. The highest BCUT2D eigenvalue weighted by Gasteiger charge is 2.12. The molecule has 2 rings (SSSR count). The van der Waals surface area contributed by atoms with Gasteiger partial charge in [-0.15, -0.1) is 0 Å². The van der Waals surface area contributed by atoms with Gasteiger partial charge in [-0.3, -0.25) is 4.79 Å². The molecule has 1 heterocycles. The number of halogens is 1. The Morgan fingerprint density at radius 3 is 2.88 bits per heavy atom. The molecule has 1 aromatic carbocycles. The normalized spacial score (nSPS) is 11.0. The lowest BCUT2D eigenvalue weighted by atomic mass is 10.2. The van der Waals surface area contributed by atoms with E-state index in [0.717, 1.165) is 22.4 Å². The Morgan fingerprint density at radius 2 is 2.24 bits per heavy atom. The predicted octanol–water partition coefficient (Wildman–Crippen LogP) is 2.55. The fourth-order valence-corrected chi connectivity index (χ4v) is 2.31. The van der Waals surface area contributed by atoms with Crippen LogP contribution in [0.25, 0.3) is 11.0 Å². The zero-order chi connectivity index (χ0) is 12.6. The number of carboxylic acids is 1. The molecule has 0 saturated carbocycles. The van der Waals surface area contributed by atoms with Crippen molar-refractivity contribution in [3.8, 4) is 0 Å². The van der Waals surface area contributed by atoms with Crippen LogP contribution in [0.3, 0.4) is 0 Å². The number of nitrogens with zero attached hydrogens (tertiary/aromatic N) is 2. The van der Waals surface area contributed by atoms with E-state index < -0.39 is 5.97 Å². The summed E-state index contributed by atoms with van der Waals surface area (Å²) in [6.07, 6.45) is 0.490. The van der Waals surface area contributed by atoms with Crippen LogP contribution in [-0.2, 0) is 18.3 Å². The van der Waals surface area contributed by atoms with E-state index in [-0.39, 0.29) is 6.42 Å². The highest BCUT2D eigenvalue weighted by atomic mass is 35.5. The lowest BCUT2D eigenvalue weighted by Crippen LogP contribution is -2.03. The maximum absolute atomic E-state index is 10.6. The molecule has 2 aromatic rings. The summed E-state index contributed by atoms with van der Waals surface area (Å²) < 4.78 is 1.86. The molecule has 0 unspecified atom stereocenters. The van der Waals surface area contributed by atoms with Crippen LogP contribution in [-0.4, -0.2) is 20.6 Å². The van der Waals surface area contributed by atoms with Gasteiger partial charge in [0.1, 0.15) is 5.82 Å². The van der Waals surface area contributed by atoms with Gasteiger partial charge in [0, 0.05) is 13.5 Å². The van der Waals surface area contributed by atoms with Gasteiger partial charge >= 0.3 is 5.97 Å². The van der Waals surface area contributed by atoms with Crippen LogP contribution in [0.4, 0.5) is 0 Å². The zero-order valence-electron chi connectivity index (χ0n) is 9.70. The number of aromatic nitrogens is 2. The summed E-state index contributed by atoms with van der Waals surface area (Å²) in [6, 6.07) is 3.83. The molecule has 0 radical (unpaired) electrons. The van der Waals surface area contributed by atoms with Crippen molar-refractivity contribution >= 4 is 28.6 Å². The number of carbonyl (C=O) groups is 1. The lowest BCUT2D eigenvalue weighted by molar-refractivity contribution is -0.137. The molecule has 1 N–H and O–H groups in total. The van der Waals surface area contributed by atoms with Gasteiger partial charge in [0.2, 0.25) is 0 Å². The van der Waals surface area contributed by atoms with Crippen molar-refractivity contribution in [3.05, 3.63) is 28.5 Å². The fourth-order valence-electron chi connectivity index (χ4n) is 1.92. The first-order valence-electron chi connectivity index (χ1n) is 5.32. The first-order valence-corrected chi connectivity index (χ1v) is 5.70. The Bertz CT molecular complexity index is 590.